The third kappa shape index (κ3) is 5.13. The second-order valence-corrected chi connectivity index (χ2v) is 9.17. The molecule has 3 rings (SSSR count). The molecule has 1 aliphatic rings. The Morgan fingerprint density at radius 3 is 2.45 bits per heavy atom. The van der Waals surface area contributed by atoms with Crippen LogP contribution in [0.1, 0.15) is 35.7 Å². The molecule has 1 heterocycles. The summed E-state index contributed by atoms with van der Waals surface area (Å²) in [5.74, 6) is -0.704. The van der Waals surface area contributed by atoms with Gasteiger partial charge in [-0.2, -0.15) is 17.5 Å². The molecule has 1 amide bonds. The number of benzene rings is 2. The van der Waals surface area contributed by atoms with Gasteiger partial charge in [0, 0.05) is 18.7 Å². The van der Waals surface area contributed by atoms with Crippen LogP contribution in [0.15, 0.2) is 41.3 Å². The monoisotopic (exact) mass is 476 g/mol. The van der Waals surface area contributed by atoms with Crippen LogP contribution >= 0.6 is 11.6 Å². The normalized spacial score (nSPS) is 15.1. The fraction of sp³-hybridized carbons (Fsp3) is 0.350. The van der Waals surface area contributed by atoms with Crippen molar-refractivity contribution in [1.82, 2.24) is 4.31 Å². The summed E-state index contributed by atoms with van der Waals surface area (Å²) >= 11 is 5.93. The Labute approximate surface area is 183 Å². The highest BCUT2D eigenvalue weighted by Crippen LogP contribution is 2.34. The van der Waals surface area contributed by atoms with E-state index in [0.717, 1.165) is 37.1 Å². The summed E-state index contributed by atoms with van der Waals surface area (Å²) in [7, 11) is -3.90. The van der Waals surface area contributed by atoms with Gasteiger partial charge in [-0.1, -0.05) is 11.6 Å². The van der Waals surface area contributed by atoms with Crippen LogP contribution in [0.5, 0.6) is 5.75 Å². The summed E-state index contributed by atoms with van der Waals surface area (Å²) in [4.78, 5) is 12.5. The van der Waals surface area contributed by atoms with Crippen molar-refractivity contribution in [2.24, 2.45) is 0 Å². The first-order valence-electron chi connectivity index (χ1n) is 9.49. The Morgan fingerprint density at radius 1 is 1.16 bits per heavy atom. The van der Waals surface area contributed by atoms with Gasteiger partial charge in [0.1, 0.15) is 10.6 Å². The molecule has 0 aromatic heterocycles. The van der Waals surface area contributed by atoms with Crippen LogP contribution in [0.25, 0.3) is 0 Å². The Hall–Kier alpha value is -2.30. The molecule has 0 aliphatic carbocycles. The summed E-state index contributed by atoms with van der Waals surface area (Å²) in [5.41, 5.74) is -1.27. The van der Waals surface area contributed by atoms with E-state index in [1.54, 1.807) is 6.92 Å². The molecule has 1 saturated heterocycles. The summed E-state index contributed by atoms with van der Waals surface area (Å²) in [6, 6.07) is 6.41. The highest BCUT2D eigenvalue weighted by atomic mass is 35.5. The largest absolute Gasteiger partial charge is 0.492 e. The van der Waals surface area contributed by atoms with Gasteiger partial charge in [0.15, 0.2) is 0 Å². The zero-order valence-electron chi connectivity index (χ0n) is 16.5. The fourth-order valence-electron chi connectivity index (χ4n) is 3.19. The number of nitrogens with zero attached hydrogens (tertiary/aromatic N) is 1. The van der Waals surface area contributed by atoms with Crippen LogP contribution in [0, 0.1) is 0 Å². The molecular formula is C20H20ClF3N2O4S. The van der Waals surface area contributed by atoms with E-state index in [-0.39, 0.29) is 33.5 Å². The molecule has 1 N–H and O–H groups in total. The van der Waals surface area contributed by atoms with E-state index < -0.39 is 27.7 Å². The van der Waals surface area contributed by atoms with Gasteiger partial charge in [0.05, 0.1) is 22.9 Å². The maximum atomic E-state index is 13.0. The summed E-state index contributed by atoms with van der Waals surface area (Å²) < 4.78 is 71.7. The molecule has 0 spiro atoms. The van der Waals surface area contributed by atoms with E-state index in [1.165, 1.54) is 16.4 Å². The molecule has 11 heteroatoms. The second-order valence-electron chi connectivity index (χ2n) is 6.85. The second kappa shape index (κ2) is 9.05. The van der Waals surface area contributed by atoms with Gasteiger partial charge in [-0.15, -0.1) is 0 Å². The number of hydrogen-bond acceptors (Lipinski definition) is 4. The number of anilines is 1. The standard InChI is InChI=1S/C20H20ClF3N2O4S/c1-2-30-17-8-5-13(11-18(17)31(28,29)26-9-3-4-10-26)19(27)25-16-12-14(20(22,23)24)6-7-15(16)21/h5-8,11-12H,2-4,9-10H2,1H3,(H,25,27). The van der Waals surface area contributed by atoms with E-state index >= 15 is 0 Å². The third-order valence-corrected chi connectivity index (χ3v) is 6.98. The number of hydrogen-bond donors (Lipinski definition) is 1. The maximum absolute atomic E-state index is 13.0. The van der Waals surface area contributed by atoms with Crippen LogP contribution < -0.4 is 10.1 Å². The number of halogens is 4. The number of rotatable bonds is 6. The SMILES string of the molecule is CCOc1ccc(C(=O)Nc2cc(C(F)(F)F)ccc2Cl)cc1S(=O)(=O)N1CCCC1. The number of alkyl halides is 3. The van der Waals surface area contributed by atoms with Gasteiger partial charge in [0.2, 0.25) is 10.0 Å². The number of amides is 1. The molecule has 0 atom stereocenters. The molecule has 0 radical (unpaired) electrons. The van der Waals surface area contributed by atoms with Gasteiger partial charge >= 0.3 is 6.18 Å². The number of carbonyl (C=O) groups is 1. The number of ether oxygens (including phenoxy) is 1. The molecule has 31 heavy (non-hydrogen) atoms. The molecule has 2 aromatic rings. The zero-order chi connectivity index (χ0) is 22.8. The van der Waals surface area contributed by atoms with E-state index in [4.69, 9.17) is 16.3 Å². The first-order chi connectivity index (χ1) is 14.5. The van der Waals surface area contributed by atoms with Crippen LogP contribution in [0.3, 0.4) is 0 Å². The summed E-state index contributed by atoms with van der Waals surface area (Å²) in [6.07, 6.45) is -3.14. The van der Waals surface area contributed by atoms with Crippen molar-refractivity contribution in [3.63, 3.8) is 0 Å². The van der Waals surface area contributed by atoms with E-state index in [2.05, 4.69) is 5.32 Å². The van der Waals surface area contributed by atoms with Crippen molar-refractivity contribution in [2.75, 3.05) is 25.0 Å². The average Bonchev–Trinajstić information content (AvgIpc) is 3.25. The Balaban J connectivity index is 1.95. The molecule has 0 unspecified atom stereocenters. The minimum absolute atomic E-state index is 0.0605. The van der Waals surface area contributed by atoms with Crippen molar-refractivity contribution in [3.8, 4) is 5.75 Å². The van der Waals surface area contributed by atoms with E-state index in [9.17, 15) is 26.4 Å². The third-order valence-electron chi connectivity index (χ3n) is 4.73. The minimum atomic E-state index is -4.61. The summed E-state index contributed by atoms with van der Waals surface area (Å²) in [5, 5.41) is 2.23. The average molecular weight is 477 g/mol. The molecule has 1 aliphatic heterocycles. The van der Waals surface area contributed by atoms with E-state index in [0.29, 0.717) is 13.1 Å². The lowest BCUT2D eigenvalue weighted by Crippen LogP contribution is -2.28. The molecule has 168 valence electrons. The maximum Gasteiger partial charge on any atom is 0.416 e. The van der Waals surface area contributed by atoms with Crippen LogP contribution in [-0.2, 0) is 16.2 Å². The predicted octanol–water partition coefficient (Wildman–Crippen LogP) is 4.79. The van der Waals surface area contributed by atoms with Crippen LogP contribution in [-0.4, -0.2) is 38.3 Å². The highest BCUT2D eigenvalue weighted by Gasteiger charge is 2.32. The first-order valence-corrected chi connectivity index (χ1v) is 11.3. The fourth-order valence-corrected chi connectivity index (χ4v) is 5.02. The Kier molecular flexibility index (Phi) is 6.82. The zero-order valence-corrected chi connectivity index (χ0v) is 18.1. The Morgan fingerprint density at radius 2 is 1.84 bits per heavy atom. The molecule has 1 fully saturated rings. The number of nitrogens with one attached hydrogen (secondary N) is 1. The van der Waals surface area contributed by atoms with E-state index in [1.807, 2.05) is 0 Å². The predicted molar refractivity (Wildman–Crippen MR) is 110 cm³/mol. The van der Waals surface area contributed by atoms with Crippen molar-refractivity contribution in [2.45, 2.75) is 30.8 Å². The smallest absolute Gasteiger partial charge is 0.416 e. The molecule has 0 saturated carbocycles. The lowest BCUT2D eigenvalue weighted by atomic mass is 10.1. The van der Waals surface area contributed by atoms with Gasteiger partial charge in [-0.25, -0.2) is 8.42 Å². The van der Waals surface area contributed by atoms with Gasteiger partial charge < -0.3 is 10.1 Å². The highest BCUT2D eigenvalue weighted by molar-refractivity contribution is 7.89. The number of carbonyl (C=O) groups excluding carboxylic acids is 1. The summed E-state index contributed by atoms with van der Waals surface area (Å²) in [6.45, 7) is 2.64. The van der Waals surface area contributed by atoms with Crippen LogP contribution in [0.4, 0.5) is 18.9 Å². The topological polar surface area (TPSA) is 75.7 Å². The van der Waals surface area contributed by atoms with Gasteiger partial charge in [0.25, 0.3) is 5.91 Å². The van der Waals surface area contributed by atoms with Crippen molar-refractivity contribution < 1.29 is 31.1 Å². The lowest BCUT2D eigenvalue weighted by molar-refractivity contribution is -0.137. The quantitative estimate of drug-likeness (QED) is 0.650. The van der Waals surface area contributed by atoms with Crippen LogP contribution in [0.2, 0.25) is 5.02 Å². The van der Waals surface area contributed by atoms with Gasteiger partial charge in [-0.3, -0.25) is 4.79 Å². The number of sulfonamides is 1. The lowest BCUT2D eigenvalue weighted by Gasteiger charge is -2.19. The van der Waals surface area contributed by atoms with Crippen molar-refractivity contribution in [3.05, 3.63) is 52.5 Å². The molecule has 0 bridgehead atoms. The van der Waals surface area contributed by atoms with Crippen molar-refractivity contribution >= 4 is 33.2 Å². The minimum Gasteiger partial charge on any atom is -0.492 e. The molecule has 2 aromatic carbocycles. The van der Waals surface area contributed by atoms with Crippen molar-refractivity contribution in [1.29, 1.82) is 0 Å². The molecule has 6 nitrogen and oxygen atoms in total. The molecular weight excluding hydrogens is 457 g/mol. The Bertz CT molecular complexity index is 1080. The van der Waals surface area contributed by atoms with Gasteiger partial charge in [-0.05, 0) is 56.2 Å². The first kappa shape index (κ1) is 23.4.